The van der Waals surface area contributed by atoms with E-state index < -0.39 is 0 Å². The number of aryl methyl sites for hydroxylation is 3. The summed E-state index contributed by atoms with van der Waals surface area (Å²) < 4.78 is 3.93. The highest BCUT2D eigenvalue weighted by molar-refractivity contribution is 5.74. The number of imidazole rings is 2. The van der Waals surface area contributed by atoms with Gasteiger partial charge in [0.1, 0.15) is 12.2 Å². The molecular weight excluding hydrogens is 290 g/mol. The molecule has 0 aliphatic heterocycles. The van der Waals surface area contributed by atoms with Crippen LogP contribution in [0, 0.1) is 0 Å². The number of para-hydroxylation sites is 2. The van der Waals surface area contributed by atoms with Crippen LogP contribution in [0.15, 0.2) is 43.0 Å². The number of hydrogen-bond donors (Lipinski definition) is 1. The van der Waals surface area contributed by atoms with Gasteiger partial charge in [0.25, 0.3) is 0 Å². The minimum absolute atomic E-state index is 0.770. The lowest BCUT2D eigenvalue weighted by atomic mass is 10.3. The Balaban J connectivity index is 1.57. The van der Waals surface area contributed by atoms with Crippen molar-refractivity contribution in [3.63, 3.8) is 0 Å². The second-order valence-corrected chi connectivity index (χ2v) is 5.29. The topological polar surface area (TPSA) is 77.2 Å². The Hall–Kier alpha value is -2.96. The quantitative estimate of drug-likeness (QED) is 0.613. The smallest absolute Gasteiger partial charge is 0.194 e. The summed E-state index contributed by atoms with van der Waals surface area (Å²) in [5.74, 6) is 2.60. The Kier molecular flexibility index (Phi) is 3.38. The van der Waals surface area contributed by atoms with Crippen LogP contribution >= 0.6 is 0 Å². The number of aromatic amines is 1. The molecule has 0 unspecified atom stereocenters. The van der Waals surface area contributed by atoms with E-state index in [4.69, 9.17) is 0 Å². The van der Waals surface area contributed by atoms with Crippen LogP contribution < -0.4 is 0 Å². The molecular formula is C16H17N7. The van der Waals surface area contributed by atoms with E-state index in [0.29, 0.717) is 0 Å². The van der Waals surface area contributed by atoms with Crippen molar-refractivity contribution in [3.8, 4) is 11.6 Å². The summed E-state index contributed by atoms with van der Waals surface area (Å²) in [4.78, 5) is 16.7. The maximum absolute atomic E-state index is 4.62. The van der Waals surface area contributed by atoms with Crippen molar-refractivity contribution in [1.29, 1.82) is 0 Å². The van der Waals surface area contributed by atoms with Crippen molar-refractivity contribution in [1.82, 2.24) is 34.3 Å². The van der Waals surface area contributed by atoms with Gasteiger partial charge in [-0.15, -0.1) is 0 Å². The molecule has 0 atom stereocenters. The number of H-pyrrole nitrogens is 1. The Labute approximate surface area is 133 Å². The van der Waals surface area contributed by atoms with E-state index in [2.05, 4.69) is 29.6 Å². The molecule has 0 aliphatic carbocycles. The van der Waals surface area contributed by atoms with E-state index in [-0.39, 0.29) is 0 Å². The Morgan fingerprint density at radius 3 is 2.91 bits per heavy atom. The highest BCUT2D eigenvalue weighted by atomic mass is 15.3. The third-order valence-electron chi connectivity index (χ3n) is 3.86. The Bertz CT molecular complexity index is 898. The molecule has 0 aliphatic rings. The summed E-state index contributed by atoms with van der Waals surface area (Å²) in [6.45, 7) is 3.59. The normalized spacial score (nSPS) is 11.3. The monoisotopic (exact) mass is 307 g/mol. The molecule has 0 saturated heterocycles. The predicted molar refractivity (Wildman–Crippen MR) is 86.7 cm³/mol. The van der Waals surface area contributed by atoms with Gasteiger partial charge in [0.2, 0.25) is 0 Å². The lowest BCUT2D eigenvalue weighted by molar-refractivity contribution is 0.641. The highest BCUT2D eigenvalue weighted by Gasteiger charge is 2.13. The van der Waals surface area contributed by atoms with Crippen molar-refractivity contribution in [2.75, 3.05) is 0 Å². The van der Waals surface area contributed by atoms with Gasteiger partial charge >= 0.3 is 0 Å². The lowest BCUT2D eigenvalue weighted by Gasteiger charge is -2.07. The Morgan fingerprint density at radius 1 is 1.13 bits per heavy atom. The van der Waals surface area contributed by atoms with Crippen molar-refractivity contribution in [3.05, 3.63) is 48.8 Å². The largest absolute Gasteiger partial charge is 0.342 e. The second kappa shape index (κ2) is 5.68. The van der Waals surface area contributed by atoms with Gasteiger partial charge in [-0.1, -0.05) is 12.1 Å². The van der Waals surface area contributed by atoms with Crippen molar-refractivity contribution in [2.45, 2.75) is 26.4 Å². The van der Waals surface area contributed by atoms with E-state index in [9.17, 15) is 0 Å². The standard InChI is InChI=1S/C16H17N7/c1-2-23-16(18-11-19-23)15-17-8-10-22(15)9-7-14-20-12-5-3-4-6-13(12)21-14/h3-6,8,10-11H,2,7,9H2,1H3,(H,20,21). The molecule has 7 nitrogen and oxygen atoms in total. The zero-order valence-corrected chi connectivity index (χ0v) is 12.8. The van der Waals surface area contributed by atoms with Crippen LogP contribution in [0.3, 0.4) is 0 Å². The number of aromatic nitrogens is 7. The fraction of sp³-hybridized carbons (Fsp3) is 0.250. The van der Waals surface area contributed by atoms with Crippen molar-refractivity contribution < 1.29 is 0 Å². The molecule has 4 aromatic rings. The van der Waals surface area contributed by atoms with E-state index in [1.165, 1.54) is 0 Å². The molecule has 0 spiro atoms. The average Bonchev–Trinajstić information content (AvgIpc) is 3.29. The third-order valence-corrected chi connectivity index (χ3v) is 3.86. The number of fused-ring (bicyclic) bond motifs is 1. The molecule has 1 aromatic carbocycles. The molecule has 1 N–H and O–H groups in total. The first kappa shape index (κ1) is 13.7. The molecule has 7 heteroatoms. The van der Waals surface area contributed by atoms with Gasteiger partial charge in [0.05, 0.1) is 11.0 Å². The second-order valence-electron chi connectivity index (χ2n) is 5.29. The van der Waals surface area contributed by atoms with Crippen LogP contribution in [-0.2, 0) is 19.5 Å². The molecule has 0 amide bonds. The lowest BCUT2D eigenvalue weighted by Crippen LogP contribution is -2.08. The maximum Gasteiger partial charge on any atom is 0.194 e. The summed E-state index contributed by atoms with van der Waals surface area (Å²) >= 11 is 0. The fourth-order valence-electron chi connectivity index (χ4n) is 2.71. The molecule has 116 valence electrons. The SMILES string of the molecule is CCn1ncnc1-c1nccn1CCc1nc2ccccc2[nH]1. The van der Waals surface area contributed by atoms with Gasteiger partial charge in [-0.25, -0.2) is 19.6 Å². The fourth-order valence-corrected chi connectivity index (χ4v) is 2.71. The highest BCUT2D eigenvalue weighted by Crippen LogP contribution is 2.16. The van der Waals surface area contributed by atoms with E-state index in [0.717, 1.165) is 48.0 Å². The molecule has 3 heterocycles. The number of benzene rings is 1. The van der Waals surface area contributed by atoms with E-state index in [1.54, 1.807) is 12.5 Å². The van der Waals surface area contributed by atoms with Crippen LogP contribution in [0.2, 0.25) is 0 Å². The maximum atomic E-state index is 4.62. The number of hydrogen-bond acceptors (Lipinski definition) is 4. The molecule has 0 saturated carbocycles. The first-order valence-electron chi connectivity index (χ1n) is 7.68. The van der Waals surface area contributed by atoms with Crippen LogP contribution in [0.4, 0.5) is 0 Å². The molecule has 4 rings (SSSR count). The summed E-state index contributed by atoms with van der Waals surface area (Å²) in [5, 5.41) is 4.21. The molecule has 3 aromatic heterocycles. The number of nitrogens with zero attached hydrogens (tertiary/aromatic N) is 6. The van der Waals surface area contributed by atoms with Crippen molar-refractivity contribution in [2.24, 2.45) is 0 Å². The summed E-state index contributed by atoms with van der Waals surface area (Å²) in [7, 11) is 0. The molecule has 0 bridgehead atoms. The van der Waals surface area contributed by atoms with Gasteiger partial charge in [-0.2, -0.15) is 5.10 Å². The number of nitrogens with one attached hydrogen (secondary N) is 1. The summed E-state index contributed by atoms with van der Waals surface area (Å²) in [5.41, 5.74) is 2.07. The van der Waals surface area contributed by atoms with Crippen LogP contribution in [-0.4, -0.2) is 34.3 Å². The first-order valence-corrected chi connectivity index (χ1v) is 7.68. The summed E-state index contributed by atoms with van der Waals surface area (Å²) in [6, 6.07) is 8.06. The first-order chi connectivity index (χ1) is 11.3. The van der Waals surface area contributed by atoms with Crippen LogP contribution in [0.25, 0.3) is 22.7 Å². The van der Waals surface area contributed by atoms with Gasteiger partial charge < -0.3 is 9.55 Å². The molecule has 0 fully saturated rings. The van der Waals surface area contributed by atoms with E-state index in [1.807, 2.05) is 42.1 Å². The zero-order chi connectivity index (χ0) is 15.6. The predicted octanol–water partition coefficient (Wildman–Crippen LogP) is 2.28. The number of rotatable bonds is 5. The Morgan fingerprint density at radius 2 is 2.04 bits per heavy atom. The molecule has 23 heavy (non-hydrogen) atoms. The van der Waals surface area contributed by atoms with Gasteiger partial charge in [-0.3, -0.25) is 0 Å². The van der Waals surface area contributed by atoms with Crippen LogP contribution in [0.1, 0.15) is 12.7 Å². The average molecular weight is 307 g/mol. The third kappa shape index (κ3) is 2.50. The van der Waals surface area contributed by atoms with E-state index >= 15 is 0 Å². The van der Waals surface area contributed by atoms with Gasteiger partial charge in [0.15, 0.2) is 11.6 Å². The zero-order valence-electron chi connectivity index (χ0n) is 12.8. The molecule has 0 radical (unpaired) electrons. The minimum Gasteiger partial charge on any atom is -0.342 e. The van der Waals surface area contributed by atoms with Crippen molar-refractivity contribution >= 4 is 11.0 Å². The van der Waals surface area contributed by atoms with Gasteiger partial charge in [0, 0.05) is 31.9 Å². The summed E-state index contributed by atoms with van der Waals surface area (Å²) in [6.07, 6.45) is 6.13. The minimum atomic E-state index is 0.770. The van der Waals surface area contributed by atoms with Crippen LogP contribution in [0.5, 0.6) is 0 Å². The van der Waals surface area contributed by atoms with Gasteiger partial charge in [-0.05, 0) is 19.1 Å².